The summed E-state index contributed by atoms with van der Waals surface area (Å²) in [7, 11) is 0. The van der Waals surface area contributed by atoms with Crippen molar-refractivity contribution in [3.63, 3.8) is 0 Å². The maximum Gasteiger partial charge on any atom is 0.153 e. The largest absolute Gasteiger partial charge is 0.490 e. The molecule has 3 heteroatoms. The number of ether oxygens (including phenoxy) is 2. The molecule has 1 aromatic carbocycles. The molecule has 1 rings (SSSR count). The van der Waals surface area contributed by atoms with Gasteiger partial charge in [0.1, 0.15) is 12.4 Å². The van der Waals surface area contributed by atoms with Crippen molar-refractivity contribution in [3.8, 4) is 5.75 Å². The van der Waals surface area contributed by atoms with E-state index in [9.17, 15) is 4.79 Å². The standard InChI is InChI=1S/C18H26O3/c1-5-8-15-11-16(14(4)6-2)12-17(13-19)18(15)21-10-9-20-7-3/h5,11-14H,1,6-10H2,2-4H3. The van der Waals surface area contributed by atoms with Crippen LogP contribution in [0, 0.1) is 0 Å². The highest BCUT2D eigenvalue weighted by atomic mass is 16.5. The molecule has 0 bridgehead atoms. The minimum absolute atomic E-state index is 0.421. The second kappa shape index (κ2) is 9.35. The van der Waals surface area contributed by atoms with Gasteiger partial charge in [-0.05, 0) is 42.9 Å². The van der Waals surface area contributed by atoms with Crippen LogP contribution < -0.4 is 4.74 Å². The lowest BCUT2D eigenvalue weighted by molar-refractivity contribution is 0.106. The first-order valence-electron chi connectivity index (χ1n) is 7.61. The fraction of sp³-hybridized carbons (Fsp3) is 0.500. The third-order valence-corrected chi connectivity index (χ3v) is 3.57. The Hall–Kier alpha value is -1.61. The van der Waals surface area contributed by atoms with Crippen LogP contribution in [0.1, 0.15) is 54.6 Å². The van der Waals surface area contributed by atoms with Crippen LogP contribution in [-0.4, -0.2) is 26.1 Å². The fourth-order valence-corrected chi connectivity index (χ4v) is 2.18. The van der Waals surface area contributed by atoms with Gasteiger partial charge in [-0.3, -0.25) is 4.79 Å². The zero-order valence-corrected chi connectivity index (χ0v) is 13.4. The predicted octanol–water partition coefficient (Wildman–Crippen LogP) is 4.16. The molecule has 0 spiro atoms. The number of carbonyl (C=O) groups excluding carboxylic acids is 1. The number of hydrogen-bond acceptors (Lipinski definition) is 3. The zero-order chi connectivity index (χ0) is 15.7. The summed E-state index contributed by atoms with van der Waals surface area (Å²) in [6, 6.07) is 4.06. The Morgan fingerprint density at radius 2 is 2.05 bits per heavy atom. The van der Waals surface area contributed by atoms with Gasteiger partial charge in [-0.15, -0.1) is 6.58 Å². The highest BCUT2D eigenvalue weighted by Crippen LogP contribution is 2.30. The minimum atomic E-state index is 0.421. The van der Waals surface area contributed by atoms with Gasteiger partial charge in [0, 0.05) is 6.61 Å². The molecule has 3 nitrogen and oxygen atoms in total. The van der Waals surface area contributed by atoms with Gasteiger partial charge in [-0.1, -0.05) is 26.0 Å². The van der Waals surface area contributed by atoms with Gasteiger partial charge in [0.25, 0.3) is 0 Å². The molecule has 0 aliphatic carbocycles. The molecule has 0 aliphatic heterocycles. The van der Waals surface area contributed by atoms with Gasteiger partial charge in [-0.2, -0.15) is 0 Å². The summed E-state index contributed by atoms with van der Waals surface area (Å²) < 4.78 is 11.1. The molecule has 0 radical (unpaired) electrons. The van der Waals surface area contributed by atoms with Crippen molar-refractivity contribution in [2.45, 2.75) is 39.5 Å². The lowest BCUT2D eigenvalue weighted by atomic mass is 9.93. The monoisotopic (exact) mass is 290 g/mol. The molecule has 1 aromatic rings. The Labute approximate surface area is 128 Å². The number of rotatable bonds is 10. The van der Waals surface area contributed by atoms with Crippen molar-refractivity contribution in [2.24, 2.45) is 0 Å². The average Bonchev–Trinajstić information content (AvgIpc) is 2.51. The molecular formula is C18H26O3. The van der Waals surface area contributed by atoms with Gasteiger partial charge >= 0.3 is 0 Å². The van der Waals surface area contributed by atoms with Crippen LogP contribution >= 0.6 is 0 Å². The van der Waals surface area contributed by atoms with Gasteiger partial charge in [-0.25, -0.2) is 0 Å². The molecule has 1 atom stereocenters. The van der Waals surface area contributed by atoms with E-state index in [1.165, 1.54) is 5.56 Å². The van der Waals surface area contributed by atoms with E-state index in [2.05, 4.69) is 26.5 Å². The summed E-state index contributed by atoms with van der Waals surface area (Å²) in [6.45, 7) is 11.7. The van der Waals surface area contributed by atoms with Crippen LogP contribution in [0.15, 0.2) is 24.8 Å². The molecular weight excluding hydrogens is 264 g/mol. The second-order valence-corrected chi connectivity index (χ2v) is 5.06. The van der Waals surface area contributed by atoms with Crippen molar-refractivity contribution >= 4 is 6.29 Å². The average molecular weight is 290 g/mol. The van der Waals surface area contributed by atoms with Gasteiger partial charge in [0.05, 0.1) is 12.2 Å². The molecule has 0 saturated heterocycles. The number of benzene rings is 1. The topological polar surface area (TPSA) is 35.5 Å². The molecule has 116 valence electrons. The lowest BCUT2D eigenvalue weighted by Crippen LogP contribution is -2.10. The van der Waals surface area contributed by atoms with E-state index >= 15 is 0 Å². The zero-order valence-electron chi connectivity index (χ0n) is 13.4. The van der Waals surface area contributed by atoms with Crippen LogP contribution in [0.4, 0.5) is 0 Å². The molecule has 1 unspecified atom stereocenters. The van der Waals surface area contributed by atoms with E-state index < -0.39 is 0 Å². The molecule has 0 amide bonds. The van der Waals surface area contributed by atoms with Gasteiger partial charge < -0.3 is 9.47 Å². The van der Waals surface area contributed by atoms with E-state index in [0.717, 1.165) is 18.3 Å². The summed E-state index contributed by atoms with van der Waals surface area (Å²) in [5.74, 6) is 1.08. The molecule has 0 heterocycles. The Balaban J connectivity index is 3.07. The lowest BCUT2D eigenvalue weighted by Gasteiger charge is -2.17. The molecule has 0 aromatic heterocycles. The quantitative estimate of drug-likeness (QED) is 0.369. The minimum Gasteiger partial charge on any atom is -0.490 e. The molecule has 21 heavy (non-hydrogen) atoms. The van der Waals surface area contributed by atoms with E-state index in [4.69, 9.17) is 9.47 Å². The SMILES string of the molecule is C=CCc1cc(C(C)CC)cc(C=O)c1OCCOCC. The third-order valence-electron chi connectivity index (χ3n) is 3.57. The predicted molar refractivity (Wildman–Crippen MR) is 86.4 cm³/mol. The van der Waals surface area contributed by atoms with E-state index in [-0.39, 0.29) is 0 Å². The smallest absolute Gasteiger partial charge is 0.153 e. The highest BCUT2D eigenvalue weighted by molar-refractivity contribution is 5.81. The molecule has 0 N–H and O–H groups in total. The first-order chi connectivity index (χ1) is 10.2. The van der Waals surface area contributed by atoms with Crippen molar-refractivity contribution in [3.05, 3.63) is 41.5 Å². The van der Waals surface area contributed by atoms with Gasteiger partial charge in [0.15, 0.2) is 6.29 Å². The Kier molecular flexibility index (Phi) is 7.76. The summed E-state index contributed by atoms with van der Waals surface area (Å²) in [5.41, 5.74) is 2.80. The van der Waals surface area contributed by atoms with Crippen LogP contribution in [0.5, 0.6) is 5.75 Å². The van der Waals surface area contributed by atoms with Crippen LogP contribution in [0.25, 0.3) is 0 Å². The first-order valence-corrected chi connectivity index (χ1v) is 7.61. The summed E-state index contributed by atoms with van der Waals surface area (Å²) in [4.78, 5) is 11.4. The third kappa shape index (κ3) is 5.01. The summed E-state index contributed by atoms with van der Waals surface area (Å²) in [6.07, 6.45) is 4.43. The fourth-order valence-electron chi connectivity index (χ4n) is 2.18. The second-order valence-electron chi connectivity index (χ2n) is 5.06. The summed E-state index contributed by atoms with van der Waals surface area (Å²) in [5, 5.41) is 0. The Morgan fingerprint density at radius 3 is 2.62 bits per heavy atom. The maximum absolute atomic E-state index is 11.4. The maximum atomic E-state index is 11.4. The number of allylic oxidation sites excluding steroid dienone is 1. The molecule has 0 aliphatic rings. The van der Waals surface area contributed by atoms with E-state index in [0.29, 0.717) is 43.5 Å². The van der Waals surface area contributed by atoms with Crippen molar-refractivity contribution in [2.75, 3.05) is 19.8 Å². The number of aldehydes is 1. The first kappa shape index (κ1) is 17.4. The van der Waals surface area contributed by atoms with Crippen LogP contribution in [0.3, 0.4) is 0 Å². The van der Waals surface area contributed by atoms with Crippen LogP contribution in [0.2, 0.25) is 0 Å². The van der Waals surface area contributed by atoms with Gasteiger partial charge in [0.2, 0.25) is 0 Å². The van der Waals surface area contributed by atoms with E-state index in [1.54, 1.807) is 0 Å². The Bertz CT molecular complexity index is 466. The normalized spacial score (nSPS) is 12.0. The van der Waals surface area contributed by atoms with Crippen LogP contribution in [-0.2, 0) is 11.2 Å². The highest BCUT2D eigenvalue weighted by Gasteiger charge is 2.14. The number of carbonyl (C=O) groups is 1. The van der Waals surface area contributed by atoms with Crippen molar-refractivity contribution < 1.29 is 14.3 Å². The number of hydrogen-bond donors (Lipinski definition) is 0. The molecule has 0 fully saturated rings. The summed E-state index contributed by atoms with van der Waals surface area (Å²) >= 11 is 0. The van der Waals surface area contributed by atoms with Crippen molar-refractivity contribution in [1.29, 1.82) is 0 Å². The molecule has 0 saturated carbocycles. The Morgan fingerprint density at radius 1 is 1.29 bits per heavy atom. The van der Waals surface area contributed by atoms with Crippen molar-refractivity contribution in [1.82, 2.24) is 0 Å². The van der Waals surface area contributed by atoms with E-state index in [1.807, 2.05) is 19.1 Å².